The van der Waals surface area contributed by atoms with Crippen LogP contribution in [0.3, 0.4) is 0 Å². The van der Waals surface area contributed by atoms with Gasteiger partial charge in [0, 0.05) is 48.1 Å². The van der Waals surface area contributed by atoms with Crippen LogP contribution in [0, 0.1) is 11.6 Å². The third kappa shape index (κ3) is 3.24. The number of carbonyl (C=O) groups is 2. The molecule has 7 nitrogen and oxygen atoms in total. The van der Waals surface area contributed by atoms with Crippen LogP contribution in [-0.4, -0.2) is 62.4 Å². The Kier molecular flexibility index (Phi) is 4.31. The van der Waals surface area contributed by atoms with Crippen LogP contribution in [0.15, 0.2) is 18.2 Å². The zero-order chi connectivity index (χ0) is 21.9. The van der Waals surface area contributed by atoms with E-state index >= 15 is 0 Å². The summed E-state index contributed by atoms with van der Waals surface area (Å²) in [6.07, 6.45) is -0.00572. The number of rotatable bonds is 2. The first kappa shape index (κ1) is 19.6. The largest absolute Gasteiger partial charge is 0.350 e. The summed E-state index contributed by atoms with van der Waals surface area (Å²) in [5.41, 5.74) is 1.54. The van der Waals surface area contributed by atoms with Crippen molar-refractivity contribution in [1.29, 1.82) is 0 Å². The standard InChI is InChI=1S/C20H17F4N5O2/c21-12-1-2-13-10(16(12)22)7-15(25-13)18(30)28-5-3-14-11(8-28)17(27-26-14)19(31)29-6-4-20(23,24)9-29/h1-2,7,25H,3-6,8-9H2,(H,26,27). The number of H-pyrrole nitrogens is 2. The van der Waals surface area contributed by atoms with E-state index in [-0.39, 0.29) is 35.4 Å². The molecule has 0 aliphatic carbocycles. The zero-order valence-corrected chi connectivity index (χ0v) is 16.1. The van der Waals surface area contributed by atoms with Crippen LogP contribution < -0.4 is 0 Å². The van der Waals surface area contributed by atoms with Crippen LogP contribution in [0.2, 0.25) is 0 Å². The SMILES string of the molecule is O=C(c1cc2c(F)c(F)ccc2[nH]1)N1CCc2[nH]nc(C(=O)N3CCC(F)(F)C3)c2C1. The van der Waals surface area contributed by atoms with Gasteiger partial charge in [-0.25, -0.2) is 17.6 Å². The maximum Gasteiger partial charge on any atom is 0.274 e. The summed E-state index contributed by atoms with van der Waals surface area (Å²) in [6.45, 7) is -0.363. The highest BCUT2D eigenvalue weighted by atomic mass is 19.3. The van der Waals surface area contributed by atoms with E-state index in [0.717, 1.165) is 11.0 Å². The van der Waals surface area contributed by atoms with Crippen LogP contribution in [0.25, 0.3) is 10.9 Å². The Hall–Kier alpha value is -3.37. The lowest BCUT2D eigenvalue weighted by Gasteiger charge is -2.27. The number of hydrogen-bond acceptors (Lipinski definition) is 3. The van der Waals surface area contributed by atoms with E-state index in [1.54, 1.807) is 0 Å². The number of hydrogen-bond donors (Lipinski definition) is 2. The first-order valence-corrected chi connectivity index (χ1v) is 9.73. The van der Waals surface area contributed by atoms with E-state index < -0.39 is 42.3 Å². The Balaban J connectivity index is 1.40. The van der Waals surface area contributed by atoms with E-state index in [4.69, 9.17) is 0 Å². The van der Waals surface area contributed by atoms with Gasteiger partial charge in [0.1, 0.15) is 5.69 Å². The van der Waals surface area contributed by atoms with E-state index in [1.807, 2.05) is 0 Å². The van der Waals surface area contributed by atoms with Gasteiger partial charge in [-0.15, -0.1) is 0 Å². The Labute approximate surface area is 173 Å². The number of fused-ring (bicyclic) bond motifs is 2. The highest BCUT2D eigenvalue weighted by Crippen LogP contribution is 2.30. The normalized spacial score (nSPS) is 17.9. The summed E-state index contributed by atoms with van der Waals surface area (Å²) in [5.74, 6) is -6.03. The Morgan fingerprint density at radius 2 is 1.90 bits per heavy atom. The lowest BCUT2D eigenvalue weighted by Crippen LogP contribution is -2.37. The molecule has 2 aliphatic rings. The number of alkyl halides is 2. The second kappa shape index (κ2) is 6.82. The molecule has 1 fully saturated rings. The number of carbonyl (C=O) groups excluding carboxylic acids is 2. The van der Waals surface area contributed by atoms with Crippen LogP contribution in [0.1, 0.15) is 38.7 Å². The summed E-state index contributed by atoms with van der Waals surface area (Å²) >= 11 is 0. The predicted molar refractivity (Wildman–Crippen MR) is 101 cm³/mol. The van der Waals surface area contributed by atoms with Crippen molar-refractivity contribution in [2.45, 2.75) is 25.3 Å². The third-order valence-electron chi connectivity index (χ3n) is 5.80. The minimum atomic E-state index is -2.92. The van der Waals surface area contributed by atoms with E-state index in [9.17, 15) is 27.2 Å². The lowest BCUT2D eigenvalue weighted by molar-refractivity contribution is 0.0119. The number of aromatic amines is 2. The molecule has 0 atom stereocenters. The van der Waals surface area contributed by atoms with Gasteiger partial charge in [-0.1, -0.05) is 0 Å². The van der Waals surface area contributed by atoms with Crippen molar-refractivity contribution in [3.8, 4) is 0 Å². The average Bonchev–Trinajstić information content (AvgIpc) is 3.45. The fourth-order valence-corrected chi connectivity index (χ4v) is 4.13. The molecule has 0 spiro atoms. The molecule has 0 saturated carbocycles. The highest BCUT2D eigenvalue weighted by molar-refractivity contribution is 5.99. The first-order chi connectivity index (χ1) is 14.7. The van der Waals surface area contributed by atoms with Gasteiger partial charge in [0.15, 0.2) is 17.3 Å². The van der Waals surface area contributed by atoms with E-state index in [1.165, 1.54) is 17.0 Å². The summed E-state index contributed by atoms with van der Waals surface area (Å²) in [6, 6.07) is 3.57. The minimum Gasteiger partial charge on any atom is -0.350 e. The van der Waals surface area contributed by atoms with Crippen LogP contribution in [0.4, 0.5) is 17.6 Å². The molecule has 11 heteroatoms. The number of aromatic nitrogens is 3. The fourth-order valence-electron chi connectivity index (χ4n) is 4.13. The molecule has 162 valence electrons. The summed E-state index contributed by atoms with van der Waals surface area (Å²) in [5, 5.41) is 6.75. The van der Waals surface area contributed by atoms with Gasteiger partial charge in [-0.3, -0.25) is 14.7 Å². The third-order valence-corrected chi connectivity index (χ3v) is 5.80. The van der Waals surface area contributed by atoms with Crippen molar-refractivity contribution in [3.63, 3.8) is 0 Å². The predicted octanol–water partition coefficient (Wildman–Crippen LogP) is 2.85. The molecular weight excluding hydrogens is 418 g/mol. The first-order valence-electron chi connectivity index (χ1n) is 9.73. The van der Waals surface area contributed by atoms with Gasteiger partial charge in [-0.2, -0.15) is 5.10 Å². The van der Waals surface area contributed by atoms with Gasteiger partial charge in [-0.05, 0) is 18.2 Å². The summed E-state index contributed by atoms with van der Waals surface area (Å²) in [4.78, 5) is 31.0. The van der Waals surface area contributed by atoms with Gasteiger partial charge in [0.2, 0.25) is 0 Å². The van der Waals surface area contributed by atoms with Crippen molar-refractivity contribution in [2.75, 3.05) is 19.6 Å². The summed E-state index contributed by atoms with van der Waals surface area (Å²) in [7, 11) is 0. The Morgan fingerprint density at radius 1 is 1.10 bits per heavy atom. The van der Waals surface area contributed by atoms with E-state index in [2.05, 4.69) is 15.2 Å². The number of benzene rings is 1. The van der Waals surface area contributed by atoms with Gasteiger partial charge in [0.05, 0.1) is 13.1 Å². The summed E-state index contributed by atoms with van der Waals surface area (Å²) < 4.78 is 54.5. The number of halogens is 4. The highest BCUT2D eigenvalue weighted by Gasteiger charge is 2.42. The smallest absolute Gasteiger partial charge is 0.274 e. The number of likely N-dealkylation sites (tertiary alicyclic amines) is 1. The van der Waals surface area contributed by atoms with Crippen LogP contribution in [0.5, 0.6) is 0 Å². The maximum absolute atomic E-state index is 14.0. The Morgan fingerprint density at radius 3 is 2.65 bits per heavy atom. The zero-order valence-electron chi connectivity index (χ0n) is 16.1. The quantitative estimate of drug-likeness (QED) is 0.607. The van der Waals surface area contributed by atoms with Gasteiger partial charge < -0.3 is 14.8 Å². The number of nitrogens with zero attached hydrogens (tertiary/aromatic N) is 3. The fraction of sp³-hybridized carbons (Fsp3) is 0.350. The van der Waals surface area contributed by atoms with Crippen molar-refractivity contribution in [2.24, 2.45) is 0 Å². The molecule has 1 aromatic carbocycles. The maximum atomic E-state index is 14.0. The molecule has 2 N–H and O–H groups in total. The van der Waals surface area contributed by atoms with Crippen molar-refractivity contribution in [1.82, 2.24) is 25.0 Å². The van der Waals surface area contributed by atoms with Crippen LogP contribution in [-0.2, 0) is 13.0 Å². The topological polar surface area (TPSA) is 85.1 Å². The Bertz CT molecular complexity index is 1220. The molecular formula is C20H17F4N5O2. The monoisotopic (exact) mass is 435 g/mol. The van der Waals surface area contributed by atoms with Gasteiger partial charge in [0.25, 0.3) is 17.7 Å². The number of nitrogens with one attached hydrogen (secondary N) is 2. The molecule has 2 aliphatic heterocycles. The van der Waals surface area contributed by atoms with Crippen LogP contribution >= 0.6 is 0 Å². The second-order valence-corrected chi connectivity index (χ2v) is 7.84. The molecule has 1 saturated heterocycles. The van der Waals surface area contributed by atoms with Crippen molar-refractivity contribution >= 4 is 22.7 Å². The molecule has 2 amide bonds. The van der Waals surface area contributed by atoms with Crippen molar-refractivity contribution < 1.29 is 27.2 Å². The van der Waals surface area contributed by atoms with Gasteiger partial charge >= 0.3 is 0 Å². The molecule has 3 aromatic rings. The molecule has 0 bridgehead atoms. The molecule has 0 unspecified atom stereocenters. The second-order valence-electron chi connectivity index (χ2n) is 7.84. The lowest BCUT2D eigenvalue weighted by atomic mass is 10.0. The molecule has 5 rings (SSSR count). The molecule has 0 radical (unpaired) electrons. The van der Waals surface area contributed by atoms with E-state index in [0.29, 0.717) is 24.2 Å². The molecule has 31 heavy (non-hydrogen) atoms. The average molecular weight is 435 g/mol. The molecule has 4 heterocycles. The number of amides is 2. The molecule has 2 aromatic heterocycles. The minimum absolute atomic E-state index is 0.0231. The van der Waals surface area contributed by atoms with Crippen molar-refractivity contribution in [3.05, 3.63) is 52.5 Å².